The van der Waals surface area contributed by atoms with E-state index in [4.69, 9.17) is 15.7 Å². The Kier molecular flexibility index (Phi) is 5.36. The summed E-state index contributed by atoms with van der Waals surface area (Å²) in [7, 11) is 0. The Bertz CT molecular complexity index is 764. The minimum Gasteiger partial charge on any atom is -0.457 e. The van der Waals surface area contributed by atoms with Crippen molar-refractivity contribution >= 4 is 17.6 Å². The normalized spacial score (nSPS) is 11.0. The first-order valence-electron chi connectivity index (χ1n) is 7.13. The number of nitrogens with zero attached hydrogens (tertiary/aromatic N) is 1. The maximum Gasteiger partial charge on any atom is 0.318 e. The van der Waals surface area contributed by atoms with E-state index in [1.165, 1.54) is 0 Å². The van der Waals surface area contributed by atoms with Crippen LogP contribution in [0.4, 0.5) is 10.5 Å². The van der Waals surface area contributed by atoms with E-state index in [0.717, 1.165) is 0 Å². The van der Waals surface area contributed by atoms with Crippen LogP contribution in [-0.4, -0.2) is 18.0 Å². The molecule has 0 bridgehead atoms. The van der Waals surface area contributed by atoms with Crippen molar-refractivity contribution in [1.82, 2.24) is 5.32 Å². The zero-order valence-electron chi connectivity index (χ0n) is 12.9. The van der Waals surface area contributed by atoms with Crippen molar-refractivity contribution in [3.63, 3.8) is 0 Å². The summed E-state index contributed by atoms with van der Waals surface area (Å²) < 4.78 is 5.66. The van der Waals surface area contributed by atoms with E-state index in [1.807, 2.05) is 11.4 Å². The SMILES string of the molecule is C[C@@H](Nc1ccc(Oc2ccc(C#N)cc2)cc1)C(=O)NC(N)=O. The monoisotopic (exact) mass is 324 g/mol. The van der Waals surface area contributed by atoms with E-state index in [9.17, 15) is 9.59 Å². The molecule has 0 heterocycles. The van der Waals surface area contributed by atoms with Crippen LogP contribution in [0.15, 0.2) is 48.5 Å². The van der Waals surface area contributed by atoms with Crippen molar-refractivity contribution in [2.75, 3.05) is 5.32 Å². The van der Waals surface area contributed by atoms with Crippen LogP contribution in [0.3, 0.4) is 0 Å². The summed E-state index contributed by atoms with van der Waals surface area (Å²) in [6.07, 6.45) is 0. The first-order chi connectivity index (χ1) is 11.5. The number of urea groups is 1. The molecule has 0 aliphatic rings. The summed E-state index contributed by atoms with van der Waals surface area (Å²) in [6, 6.07) is 14.2. The molecule has 0 aliphatic heterocycles. The molecule has 0 radical (unpaired) electrons. The van der Waals surface area contributed by atoms with Gasteiger partial charge in [-0.2, -0.15) is 5.26 Å². The number of benzene rings is 2. The largest absolute Gasteiger partial charge is 0.457 e. The van der Waals surface area contributed by atoms with Gasteiger partial charge >= 0.3 is 6.03 Å². The van der Waals surface area contributed by atoms with Gasteiger partial charge in [0.15, 0.2) is 0 Å². The van der Waals surface area contributed by atoms with Gasteiger partial charge in [-0.1, -0.05) is 0 Å². The van der Waals surface area contributed by atoms with Gasteiger partial charge in [-0.25, -0.2) is 4.79 Å². The predicted octanol–water partition coefficient (Wildman–Crippen LogP) is 2.35. The molecule has 2 rings (SSSR count). The number of rotatable bonds is 5. The number of amides is 3. The molecular formula is C17H16N4O3. The van der Waals surface area contributed by atoms with Crippen molar-refractivity contribution < 1.29 is 14.3 Å². The number of nitrogens with one attached hydrogen (secondary N) is 2. The molecule has 0 aliphatic carbocycles. The Hall–Kier alpha value is -3.53. The van der Waals surface area contributed by atoms with Crippen LogP contribution < -0.4 is 21.1 Å². The Labute approximate surface area is 139 Å². The Balaban J connectivity index is 1.96. The van der Waals surface area contributed by atoms with Gasteiger partial charge in [0, 0.05) is 5.69 Å². The maximum atomic E-state index is 11.6. The summed E-state index contributed by atoms with van der Waals surface area (Å²) in [4.78, 5) is 22.2. The molecule has 122 valence electrons. The number of imide groups is 1. The number of nitriles is 1. The van der Waals surface area contributed by atoms with E-state index in [2.05, 4.69) is 5.32 Å². The summed E-state index contributed by atoms with van der Waals surface area (Å²) in [5, 5.41) is 13.7. The molecule has 0 saturated heterocycles. The smallest absolute Gasteiger partial charge is 0.318 e. The van der Waals surface area contributed by atoms with E-state index in [0.29, 0.717) is 22.7 Å². The van der Waals surface area contributed by atoms with Crippen LogP contribution >= 0.6 is 0 Å². The van der Waals surface area contributed by atoms with Crippen molar-refractivity contribution in [2.45, 2.75) is 13.0 Å². The van der Waals surface area contributed by atoms with E-state index in [-0.39, 0.29) is 0 Å². The Morgan fingerprint density at radius 1 is 1.08 bits per heavy atom. The second kappa shape index (κ2) is 7.65. The van der Waals surface area contributed by atoms with Crippen LogP contribution in [0.1, 0.15) is 12.5 Å². The highest BCUT2D eigenvalue weighted by Gasteiger charge is 2.13. The number of carbonyl (C=O) groups is 2. The molecule has 2 aromatic carbocycles. The van der Waals surface area contributed by atoms with Crippen molar-refractivity contribution in [3.05, 3.63) is 54.1 Å². The minimum absolute atomic E-state index is 0.514. The van der Waals surface area contributed by atoms with Gasteiger partial charge in [-0.15, -0.1) is 0 Å². The quantitative estimate of drug-likeness (QED) is 0.780. The third-order valence-corrected chi connectivity index (χ3v) is 3.10. The zero-order valence-corrected chi connectivity index (χ0v) is 12.9. The molecule has 0 unspecified atom stereocenters. The third kappa shape index (κ3) is 4.74. The molecular weight excluding hydrogens is 308 g/mol. The van der Waals surface area contributed by atoms with Crippen LogP contribution in [0.5, 0.6) is 11.5 Å². The number of carbonyl (C=O) groups excluding carboxylic acids is 2. The van der Waals surface area contributed by atoms with Gasteiger partial charge in [0.05, 0.1) is 11.6 Å². The first kappa shape index (κ1) is 16.8. The lowest BCUT2D eigenvalue weighted by Crippen LogP contribution is -2.43. The number of primary amides is 1. The van der Waals surface area contributed by atoms with Crippen molar-refractivity contribution in [1.29, 1.82) is 5.26 Å². The summed E-state index contributed by atoms with van der Waals surface area (Å²) in [5.41, 5.74) is 6.15. The van der Waals surface area contributed by atoms with Gasteiger partial charge < -0.3 is 15.8 Å². The predicted molar refractivity (Wildman–Crippen MR) is 88.5 cm³/mol. The van der Waals surface area contributed by atoms with Gasteiger partial charge in [-0.3, -0.25) is 10.1 Å². The van der Waals surface area contributed by atoms with E-state index >= 15 is 0 Å². The van der Waals surface area contributed by atoms with E-state index in [1.54, 1.807) is 55.5 Å². The van der Waals surface area contributed by atoms with Gasteiger partial charge in [0.25, 0.3) is 0 Å². The molecule has 4 N–H and O–H groups in total. The molecule has 0 spiro atoms. The lowest BCUT2D eigenvalue weighted by atomic mass is 10.2. The molecule has 0 saturated carbocycles. The average molecular weight is 324 g/mol. The summed E-state index contributed by atoms with van der Waals surface area (Å²) in [5.74, 6) is 0.712. The fourth-order valence-electron chi connectivity index (χ4n) is 1.90. The van der Waals surface area contributed by atoms with Gasteiger partial charge in [0.1, 0.15) is 17.5 Å². The topological polar surface area (TPSA) is 117 Å². The van der Waals surface area contributed by atoms with Gasteiger partial charge in [-0.05, 0) is 55.5 Å². The number of hydrogen-bond donors (Lipinski definition) is 3. The highest BCUT2D eigenvalue weighted by Crippen LogP contribution is 2.23. The van der Waals surface area contributed by atoms with Crippen LogP contribution in [-0.2, 0) is 4.79 Å². The highest BCUT2D eigenvalue weighted by atomic mass is 16.5. The zero-order chi connectivity index (χ0) is 17.5. The van der Waals surface area contributed by atoms with Crippen LogP contribution in [0, 0.1) is 11.3 Å². The number of anilines is 1. The molecule has 2 aromatic rings. The fourth-order valence-corrected chi connectivity index (χ4v) is 1.90. The molecule has 24 heavy (non-hydrogen) atoms. The average Bonchev–Trinajstić information content (AvgIpc) is 2.56. The van der Waals surface area contributed by atoms with Crippen LogP contribution in [0.2, 0.25) is 0 Å². The molecule has 7 nitrogen and oxygen atoms in total. The summed E-state index contributed by atoms with van der Waals surface area (Å²) in [6.45, 7) is 1.61. The van der Waals surface area contributed by atoms with Crippen molar-refractivity contribution in [3.8, 4) is 17.6 Å². The molecule has 7 heteroatoms. The summed E-state index contributed by atoms with van der Waals surface area (Å²) >= 11 is 0. The highest BCUT2D eigenvalue weighted by molar-refractivity contribution is 5.97. The second-order valence-electron chi connectivity index (χ2n) is 4.98. The standard InChI is InChI=1S/C17H16N4O3/c1-11(16(22)21-17(19)23)20-13-4-8-15(9-5-13)24-14-6-2-12(10-18)3-7-14/h2-9,11,20H,1H3,(H3,19,21,22,23)/t11-/m1/s1. The van der Waals surface area contributed by atoms with Gasteiger partial charge in [0.2, 0.25) is 5.91 Å². The third-order valence-electron chi connectivity index (χ3n) is 3.10. The number of nitrogens with two attached hydrogens (primary N) is 1. The molecule has 0 fully saturated rings. The number of ether oxygens (including phenoxy) is 1. The fraction of sp³-hybridized carbons (Fsp3) is 0.118. The molecule has 1 atom stereocenters. The van der Waals surface area contributed by atoms with Crippen molar-refractivity contribution in [2.24, 2.45) is 5.73 Å². The number of hydrogen-bond acceptors (Lipinski definition) is 5. The minimum atomic E-state index is -0.889. The van der Waals surface area contributed by atoms with E-state index < -0.39 is 18.0 Å². The lowest BCUT2D eigenvalue weighted by molar-refractivity contribution is -0.120. The first-order valence-corrected chi connectivity index (χ1v) is 7.13. The Morgan fingerprint density at radius 3 is 2.12 bits per heavy atom. The van der Waals surface area contributed by atoms with Crippen LogP contribution in [0.25, 0.3) is 0 Å². The second-order valence-corrected chi connectivity index (χ2v) is 4.98. The molecule has 3 amide bonds. The molecule has 0 aromatic heterocycles. The Morgan fingerprint density at radius 2 is 1.62 bits per heavy atom. The lowest BCUT2D eigenvalue weighted by Gasteiger charge is -2.14. The maximum absolute atomic E-state index is 11.6.